The van der Waals surface area contributed by atoms with Crippen molar-refractivity contribution in [2.24, 2.45) is 0 Å². The quantitative estimate of drug-likeness (QED) is 0.919. The van der Waals surface area contributed by atoms with Crippen molar-refractivity contribution in [2.75, 3.05) is 0 Å². The van der Waals surface area contributed by atoms with Crippen molar-refractivity contribution >= 4 is 15.9 Å². The molecule has 2 aromatic heterocycles. The number of aliphatic hydroxyl groups is 1. The Hall–Kier alpha value is -1.26. The molecule has 0 aliphatic carbocycles. The van der Waals surface area contributed by atoms with Crippen LogP contribution in [0.3, 0.4) is 0 Å². The van der Waals surface area contributed by atoms with Crippen molar-refractivity contribution in [1.82, 2.24) is 9.97 Å². The number of nitrogens with zero attached hydrogens (tertiary/aromatic N) is 2. The van der Waals surface area contributed by atoms with Gasteiger partial charge in [0.05, 0.1) is 5.69 Å². The highest BCUT2D eigenvalue weighted by atomic mass is 79.9. The summed E-state index contributed by atoms with van der Waals surface area (Å²) in [6, 6.07) is 5.57. The second-order valence-electron chi connectivity index (χ2n) is 3.57. The van der Waals surface area contributed by atoms with Crippen LogP contribution in [0.1, 0.15) is 22.9 Å². The van der Waals surface area contributed by atoms with Gasteiger partial charge in [0.25, 0.3) is 0 Å². The van der Waals surface area contributed by atoms with Crippen molar-refractivity contribution in [1.29, 1.82) is 0 Å². The minimum Gasteiger partial charge on any atom is -0.382 e. The Bertz CT molecular complexity index is 502. The highest BCUT2D eigenvalue weighted by Crippen LogP contribution is 2.26. The largest absolute Gasteiger partial charge is 0.382 e. The number of halogens is 1. The van der Waals surface area contributed by atoms with Gasteiger partial charge in [-0.15, -0.1) is 0 Å². The van der Waals surface area contributed by atoms with E-state index in [0.29, 0.717) is 5.69 Å². The maximum absolute atomic E-state index is 10.2. The smallest absolute Gasteiger partial charge is 0.124 e. The molecule has 1 N–H and O–H groups in total. The van der Waals surface area contributed by atoms with Crippen molar-refractivity contribution in [2.45, 2.75) is 13.0 Å². The molecule has 0 radical (unpaired) electrons. The van der Waals surface area contributed by atoms with Gasteiger partial charge in [-0.3, -0.25) is 9.97 Å². The number of aryl methyl sites for hydroxylation is 1. The van der Waals surface area contributed by atoms with Crippen molar-refractivity contribution in [3.63, 3.8) is 0 Å². The summed E-state index contributed by atoms with van der Waals surface area (Å²) in [6.45, 7) is 1.94. The standard InChI is InChI=1S/C12H11BrN2O/c1-8-5-9(7-14-6-8)12(16)11-10(13)3-2-4-15-11/h2-7,12,16H,1H3. The average Bonchev–Trinajstić information content (AvgIpc) is 2.29. The van der Waals surface area contributed by atoms with Gasteiger partial charge in [0.1, 0.15) is 6.10 Å². The molecule has 0 spiro atoms. The molecule has 0 fully saturated rings. The van der Waals surface area contributed by atoms with E-state index in [1.54, 1.807) is 18.6 Å². The van der Waals surface area contributed by atoms with E-state index in [9.17, 15) is 5.11 Å². The van der Waals surface area contributed by atoms with Gasteiger partial charge in [0.15, 0.2) is 0 Å². The molecule has 0 aliphatic heterocycles. The molecule has 2 heterocycles. The summed E-state index contributed by atoms with van der Waals surface area (Å²) in [6.07, 6.45) is 4.32. The van der Waals surface area contributed by atoms with Gasteiger partial charge in [0, 0.05) is 28.6 Å². The number of aliphatic hydroxyl groups excluding tert-OH is 1. The van der Waals surface area contributed by atoms with Crippen LogP contribution in [0.25, 0.3) is 0 Å². The molecule has 4 heteroatoms. The third kappa shape index (κ3) is 2.28. The van der Waals surface area contributed by atoms with Crippen LogP contribution in [0.15, 0.2) is 41.3 Å². The Morgan fingerprint density at radius 1 is 1.38 bits per heavy atom. The molecule has 0 saturated carbocycles. The first-order chi connectivity index (χ1) is 7.68. The molecule has 0 amide bonds. The summed E-state index contributed by atoms with van der Waals surface area (Å²) in [7, 11) is 0. The molecule has 3 nitrogen and oxygen atoms in total. The predicted molar refractivity (Wildman–Crippen MR) is 65.0 cm³/mol. The fraction of sp³-hybridized carbons (Fsp3) is 0.167. The zero-order valence-electron chi connectivity index (χ0n) is 8.76. The van der Waals surface area contributed by atoms with Gasteiger partial charge < -0.3 is 5.11 Å². The molecule has 1 unspecified atom stereocenters. The summed E-state index contributed by atoms with van der Waals surface area (Å²) in [5.74, 6) is 0. The SMILES string of the molecule is Cc1cncc(C(O)c2ncccc2Br)c1. The first kappa shape index (κ1) is 11.2. The maximum Gasteiger partial charge on any atom is 0.124 e. The Morgan fingerprint density at radius 3 is 2.88 bits per heavy atom. The topological polar surface area (TPSA) is 46.0 Å². The van der Waals surface area contributed by atoms with Gasteiger partial charge in [0.2, 0.25) is 0 Å². The van der Waals surface area contributed by atoms with E-state index >= 15 is 0 Å². The zero-order chi connectivity index (χ0) is 11.5. The maximum atomic E-state index is 10.2. The third-order valence-electron chi connectivity index (χ3n) is 2.26. The van der Waals surface area contributed by atoms with Crippen LogP contribution in [0, 0.1) is 6.92 Å². The van der Waals surface area contributed by atoms with Crippen LogP contribution in [0.2, 0.25) is 0 Å². The summed E-state index contributed by atoms with van der Waals surface area (Å²) in [4.78, 5) is 8.22. The molecule has 2 aromatic rings. The molecule has 0 aromatic carbocycles. The fourth-order valence-corrected chi connectivity index (χ4v) is 1.96. The van der Waals surface area contributed by atoms with Crippen molar-refractivity contribution in [3.8, 4) is 0 Å². The van der Waals surface area contributed by atoms with Crippen LogP contribution < -0.4 is 0 Å². The molecule has 16 heavy (non-hydrogen) atoms. The predicted octanol–water partition coefficient (Wildman–Crippen LogP) is 2.63. The Labute approximate surface area is 102 Å². The number of pyridine rings is 2. The number of aromatic nitrogens is 2. The Balaban J connectivity index is 2.39. The molecule has 0 saturated heterocycles. The van der Waals surface area contributed by atoms with Gasteiger partial charge in [-0.2, -0.15) is 0 Å². The van der Waals surface area contributed by atoms with Crippen molar-refractivity contribution in [3.05, 3.63) is 58.1 Å². The second kappa shape index (κ2) is 4.72. The van der Waals surface area contributed by atoms with E-state index in [4.69, 9.17) is 0 Å². The molecular formula is C12H11BrN2O. The van der Waals surface area contributed by atoms with Crippen LogP contribution in [-0.2, 0) is 0 Å². The van der Waals surface area contributed by atoms with Crippen LogP contribution in [0.5, 0.6) is 0 Å². The van der Waals surface area contributed by atoms with E-state index in [1.807, 2.05) is 25.1 Å². The molecule has 82 valence electrons. The lowest BCUT2D eigenvalue weighted by Gasteiger charge is -2.11. The van der Waals surface area contributed by atoms with E-state index in [1.165, 1.54) is 0 Å². The van der Waals surface area contributed by atoms with Crippen LogP contribution in [0.4, 0.5) is 0 Å². The van der Waals surface area contributed by atoms with Crippen LogP contribution >= 0.6 is 15.9 Å². The lowest BCUT2D eigenvalue weighted by molar-refractivity contribution is 0.214. The summed E-state index contributed by atoms with van der Waals surface area (Å²) >= 11 is 3.37. The number of hydrogen-bond acceptors (Lipinski definition) is 3. The minimum atomic E-state index is -0.747. The van der Waals surface area contributed by atoms with E-state index in [0.717, 1.165) is 15.6 Å². The number of hydrogen-bond donors (Lipinski definition) is 1. The highest BCUT2D eigenvalue weighted by molar-refractivity contribution is 9.10. The van der Waals surface area contributed by atoms with E-state index < -0.39 is 6.10 Å². The molecule has 0 aliphatic rings. The normalized spacial score (nSPS) is 12.4. The Morgan fingerprint density at radius 2 is 2.19 bits per heavy atom. The monoisotopic (exact) mass is 278 g/mol. The first-order valence-electron chi connectivity index (χ1n) is 4.88. The zero-order valence-corrected chi connectivity index (χ0v) is 10.3. The van der Waals surface area contributed by atoms with E-state index in [2.05, 4.69) is 25.9 Å². The van der Waals surface area contributed by atoms with E-state index in [-0.39, 0.29) is 0 Å². The van der Waals surface area contributed by atoms with Crippen LogP contribution in [-0.4, -0.2) is 15.1 Å². The van der Waals surface area contributed by atoms with Gasteiger partial charge in [-0.05, 0) is 40.5 Å². The molecule has 2 rings (SSSR count). The summed E-state index contributed by atoms with van der Waals surface area (Å²) in [5.41, 5.74) is 2.37. The molecular weight excluding hydrogens is 268 g/mol. The fourth-order valence-electron chi connectivity index (χ4n) is 1.48. The average molecular weight is 279 g/mol. The number of rotatable bonds is 2. The molecule has 0 bridgehead atoms. The Kier molecular flexibility index (Phi) is 3.31. The van der Waals surface area contributed by atoms with Gasteiger partial charge in [-0.1, -0.05) is 6.07 Å². The lowest BCUT2D eigenvalue weighted by atomic mass is 10.1. The summed E-state index contributed by atoms with van der Waals surface area (Å²) < 4.78 is 0.795. The summed E-state index contributed by atoms with van der Waals surface area (Å²) in [5, 5.41) is 10.2. The second-order valence-corrected chi connectivity index (χ2v) is 4.42. The molecule has 1 atom stereocenters. The van der Waals surface area contributed by atoms with Crippen molar-refractivity contribution < 1.29 is 5.11 Å². The minimum absolute atomic E-state index is 0.606. The van der Waals surface area contributed by atoms with Gasteiger partial charge in [-0.25, -0.2) is 0 Å². The van der Waals surface area contributed by atoms with Gasteiger partial charge >= 0.3 is 0 Å². The third-order valence-corrected chi connectivity index (χ3v) is 2.93. The first-order valence-corrected chi connectivity index (χ1v) is 5.68. The lowest BCUT2D eigenvalue weighted by Crippen LogP contribution is -2.03. The highest BCUT2D eigenvalue weighted by Gasteiger charge is 2.14.